The smallest absolute Gasteiger partial charge is 0.335 e. The molecule has 0 aliphatic carbocycles. The van der Waals surface area contributed by atoms with Gasteiger partial charge in [-0.15, -0.1) is 0 Å². The van der Waals surface area contributed by atoms with Crippen LogP contribution in [0, 0.1) is 11.3 Å². The van der Waals surface area contributed by atoms with Gasteiger partial charge in [-0.1, -0.05) is 0 Å². The summed E-state index contributed by atoms with van der Waals surface area (Å²) in [5.74, 6) is -1.07. The minimum Gasteiger partial charge on any atom is -0.478 e. The first kappa shape index (κ1) is 14.5. The fourth-order valence-electron chi connectivity index (χ4n) is 1.49. The van der Waals surface area contributed by atoms with Crippen LogP contribution in [0.25, 0.3) is 0 Å². The Balaban J connectivity index is 2.25. The van der Waals surface area contributed by atoms with Crippen LogP contribution in [0.5, 0.6) is 0 Å². The molecule has 0 spiro atoms. The van der Waals surface area contributed by atoms with E-state index in [1.54, 1.807) is 0 Å². The molecule has 0 fully saturated rings. The summed E-state index contributed by atoms with van der Waals surface area (Å²) >= 11 is 0. The van der Waals surface area contributed by atoms with Crippen LogP contribution in [-0.4, -0.2) is 24.5 Å². The molecule has 0 atom stereocenters. The van der Waals surface area contributed by atoms with Gasteiger partial charge in [-0.05, 0) is 36.4 Å². The molecule has 7 nitrogen and oxygen atoms in total. The second-order valence-electron chi connectivity index (χ2n) is 3.98. The first-order valence-electron chi connectivity index (χ1n) is 5.65. The molecule has 106 valence electrons. The third-order valence-electron chi connectivity index (χ3n) is 2.54. The highest BCUT2D eigenvalue weighted by Gasteiger charge is 2.15. The van der Waals surface area contributed by atoms with E-state index in [4.69, 9.17) is 10.4 Å². The van der Waals surface area contributed by atoms with Gasteiger partial charge in [-0.3, -0.25) is 4.72 Å². The van der Waals surface area contributed by atoms with E-state index >= 15 is 0 Å². The summed E-state index contributed by atoms with van der Waals surface area (Å²) < 4.78 is 26.4. The lowest BCUT2D eigenvalue weighted by molar-refractivity contribution is 0.0696. The van der Waals surface area contributed by atoms with Crippen molar-refractivity contribution < 1.29 is 18.3 Å². The molecule has 2 aromatic rings. The molecule has 1 aromatic carbocycles. The number of carbonyl (C=O) groups is 1. The Hall–Kier alpha value is -2.92. The molecule has 8 heteroatoms. The number of carboxylic acid groups (broad SMARTS) is 1. The number of hydrogen-bond acceptors (Lipinski definition) is 5. The summed E-state index contributed by atoms with van der Waals surface area (Å²) in [6.07, 6.45) is 1.24. The van der Waals surface area contributed by atoms with Crippen LogP contribution in [0.2, 0.25) is 0 Å². The van der Waals surface area contributed by atoms with Crippen LogP contribution >= 0.6 is 0 Å². The summed E-state index contributed by atoms with van der Waals surface area (Å²) in [6.45, 7) is 0. The summed E-state index contributed by atoms with van der Waals surface area (Å²) in [5.41, 5.74) is 0.300. The zero-order valence-corrected chi connectivity index (χ0v) is 11.3. The topological polar surface area (TPSA) is 120 Å². The lowest BCUT2D eigenvalue weighted by atomic mass is 10.2. The minimum absolute atomic E-state index is 0.00884. The fraction of sp³-hybridized carbons (Fsp3) is 0. The van der Waals surface area contributed by atoms with E-state index in [1.165, 1.54) is 42.6 Å². The number of nitriles is 1. The normalized spacial score (nSPS) is 10.6. The molecule has 0 unspecified atom stereocenters. The van der Waals surface area contributed by atoms with Gasteiger partial charge in [0.05, 0.1) is 16.0 Å². The van der Waals surface area contributed by atoms with Gasteiger partial charge in [0.1, 0.15) is 11.9 Å². The van der Waals surface area contributed by atoms with E-state index < -0.39 is 16.0 Å². The molecule has 0 bridgehead atoms. The lowest BCUT2D eigenvalue weighted by Gasteiger charge is -2.07. The molecule has 2 N–H and O–H groups in total. The van der Waals surface area contributed by atoms with Gasteiger partial charge in [0.15, 0.2) is 0 Å². The molecule has 0 amide bonds. The zero-order valence-electron chi connectivity index (χ0n) is 10.5. The predicted octanol–water partition coefficient (Wildman–Crippen LogP) is 1.45. The molecule has 2 rings (SSSR count). The van der Waals surface area contributed by atoms with E-state index in [1.807, 2.05) is 6.07 Å². The molecule has 0 saturated heterocycles. The van der Waals surface area contributed by atoms with Crippen molar-refractivity contribution in [2.75, 3.05) is 4.72 Å². The molecular formula is C13H9N3O4S. The van der Waals surface area contributed by atoms with Gasteiger partial charge in [0, 0.05) is 6.20 Å². The molecule has 1 aromatic heterocycles. The minimum atomic E-state index is -3.86. The summed E-state index contributed by atoms with van der Waals surface area (Å²) in [6, 6.07) is 9.44. The number of anilines is 1. The van der Waals surface area contributed by atoms with Crippen molar-refractivity contribution >= 4 is 21.8 Å². The number of nitrogens with one attached hydrogen (secondary N) is 1. The highest BCUT2D eigenvalue weighted by atomic mass is 32.2. The molecular weight excluding hydrogens is 294 g/mol. The number of rotatable bonds is 4. The van der Waals surface area contributed by atoms with E-state index in [9.17, 15) is 13.2 Å². The van der Waals surface area contributed by atoms with Crippen molar-refractivity contribution in [2.24, 2.45) is 0 Å². The van der Waals surface area contributed by atoms with Crippen LogP contribution in [0.3, 0.4) is 0 Å². The third-order valence-corrected chi connectivity index (χ3v) is 3.91. The maximum Gasteiger partial charge on any atom is 0.335 e. The predicted molar refractivity (Wildman–Crippen MR) is 73.2 cm³/mol. The van der Waals surface area contributed by atoms with Gasteiger partial charge >= 0.3 is 5.97 Å². The Bertz CT molecular complexity index is 806. The standard InChI is InChI=1S/C13H9N3O4S/c14-7-9-1-6-12(15-8-9)16-21(19,20)11-4-2-10(3-5-11)13(17)18/h1-6,8H,(H,15,16)(H,17,18). The van der Waals surface area contributed by atoms with Crippen molar-refractivity contribution in [3.63, 3.8) is 0 Å². The first-order chi connectivity index (χ1) is 9.92. The number of hydrogen-bond donors (Lipinski definition) is 2. The number of nitrogens with zero attached hydrogens (tertiary/aromatic N) is 2. The van der Waals surface area contributed by atoms with Crippen LogP contribution in [0.1, 0.15) is 15.9 Å². The van der Waals surface area contributed by atoms with E-state index in [2.05, 4.69) is 9.71 Å². The van der Waals surface area contributed by atoms with Crippen LogP contribution in [0.4, 0.5) is 5.82 Å². The zero-order chi connectivity index (χ0) is 15.5. The third kappa shape index (κ3) is 3.34. The molecule has 0 aliphatic rings. The number of benzene rings is 1. The van der Waals surface area contributed by atoms with E-state index in [0.717, 1.165) is 0 Å². The van der Waals surface area contributed by atoms with Gasteiger partial charge in [0.2, 0.25) is 0 Å². The second-order valence-corrected chi connectivity index (χ2v) is 5.66. The van der Waals surface area contributed by atoms with Crippen molar-refractivity contribution in [2.45, 2.75) is 4.90 Å². The Morgan fingerprint density at radius 2 is 1.86 bits per heavy atom. The van der Waals surface area contributed by atoms with Crippen LogP contribution in [0.15, 0.2) is 47.5 Å². The Kier molecular flexibility index (Phi) is 3.86. The van der Waals surface area contributed by atoms with E-state index in [-0.39, 0.29) is 16.3 Å². The van der Waals surface area contributed by atoms with Crippen molar-refractivity contribution in [1.82, 2.24) is 4.98 Å². The Morgan fingerprint density at radius 1 is 1.19 bits per heavy atom. The largest absolute Gasteiger partial charge is 0.478 e. The molecule has 21 heavy (non-hydrogen) atoms. The van der Waals surface area contributed by atoms with Crippen molar-refractivity contribution in [3.8, 4) is 6.07 Å². The van der Waals surface area contributed by atoms with Crippen molar-refractivity contribution in [1.29, 1.82) is 5.26 Å². The Morgan fingerprint density at radius 3 is 2.33 bits per heavy atom. The fourth-order valence-corrected chi connectivity index (χ4v) is 2.50. The average molecular weight is 303 g/mol. The number of aromatic carboxylic acids is 1. The van der Waals surface area contributed by atoms with Gasteiger partial charge in [-0.2, -0.15) is 5.26 Å². The molecule has 1 heterocycles. The monoisotopic (exact) mass is 303 g/mol. The quantitative estimate of drug-likeness (QED) is 0.882. The van der Waals surface area contributed by atoms with Crippen LogP contribution in [-0.2, 0) is 10.0 Å². The first-order valence-corrected chi connectivity index (χ1v) is 7.13. The molecule has 0 saturated carbocycles. The number of sulfonamides is 1. The number of carboxylic acids is 1. The molecule has 0 radical (unpaired) electrons. The second kappa shape index (κ2) is 5.60. The molecule has 0 aliphatic heterocycles. The number of pyridine rings is 1. The van der Waals surface area contributed by atoms with Gasteiger partial charge in [-0.25, -0.2) is 18.2 Å². The maximum atomic E-state index is 12.1. The Labute approximate surface area is 120 Å². The highest BCUT2D eigenvalue weighted by molar-refractivity contribution is 7.92. The van der Waals surface area contributed by atoms with E-state index in [0.29, 0.717) is 5.56 Å². The van der Waals surface area contributed by atoms with Crippen LogP contribution < -0.4 is 4.72 Å². The lowest BCUT2D eigenvalue weighted by Crippen LogP contribution is -2.14. The SMILES string of the molecule is N#Cc1ccc(NS(=O)(=O)c2ccc(C(=O)O)cc2)nc1. The number of aromatic nitrogens is 1. The summed E-state index contributed by atoms with van der Waals surface area (Å²) in [5, 5.41) is 17.4. The maximum absolute atomic E-state index is 12.1. The van der Waals surface area contributed by atoms with Gasteiger partial charge < -0.3 is 5.11 Å². The summed E-state index contributed by atoms with van der Waals surface area (Å²) in [7, 11) is -3.86. The average Bonchev–Trinajstić information content (AvgIpc) is 2.48. The van der Waals surface area contributed by atoms with Crippen molar-refractivity contribution in [3.05, 3.63) is 53.7 Å². The highest BCUT2D eigenvalue weighted by Crippen LogP contribution is 2.15. The summed E-state index contributed by atoms with van der Waals surface area (Å²) in [4.78, 5) is 14.4. The van der Waals surface area contributed by atoms with Gasteiger partial charge in [0.25, 0.3) is 10.0 Å².